The first kappa shape index (κ1) is 29.1. The average molecular weight is 544 g/mol. The number of carbonyl (C=O) groups excluding carboxylic acids is 3. The van der Waals surface area contributed by atoms with Crippen molar-refractivity contribution in [1.82, 2.24) is 4.90 Å². The molecule has 1 aliphatic carbocycles. The fourth-order valence-electron chi connectivity index (χ4n) is 5.46. The number of carbonyl (C=O) groups is 3. The van der Waals surface area contributed by atoms with Gasteiger partial charge in [0.1, 0.15) is 30.0 Å². The second-order valence-corrected chi connectivity index (χ2v) is 10.5. The van der Waals surface area contributed by atoms with Gasteiger partial charge in [-0.2, -0.15) is 0 Å². The van der Waals surface area contributed by atoms with E-state index in [4.69, 9.17) is 9.47 Å². The highest BCUT2D eigenvalue weighted by molar-refractivity contribution is 6.24. The number of hydrogen-bond donors (Lipinski definition) is 4. The van der Waals surface area contributed by atoms with Gasteiger partial charge in [0.25, 0.3) is 0 Å². The molecule has 1 fully saturated rings. The van der Waals surface area contributed by atoms with Gasteiger partial charge in [-0.3, -0.25) is 9.59 Å². The van der Waals surface area contributed by atoms with Crippen molar-refractivity contribution in [1.29, 1.82) is 0 Å². The van der Waals surface area contributed by atoms with Crippen molar-refractivity contribution < 1.29 is 44.3 Å². The van der Waals surface area contributed by atoms with Crippen LogP contribution in [0.2, 0.25) is 0 Å². The third-order valence-electron chi connectivity index (χ3n) is 7.71. The summed E-state index contributed by atoms with van der Waals surface area (Å²) in [7, 11) is 0. The van der Waals surface area contributed by atoms with Gasteiger partial charge in [0.05, 0.1) is 6.61 Å². The fourth-order valence-corrected chi connectivity index (χ4v) is 5.46. The molecule has 212 valence electrons. The van der Waals surface area contributed by atoms with E-state index in [0.29, 0.717) is 17.7 Å². The van der Waals surface area contributed by atoms with Gasteiger partial charge in [-0.1, -0.05) is 38.7 Å². The van der Waals surface area contributed by atoms with Gasteiger partial charge in [-0.25, -0.2) is 4.79 Å². The zero-order chi connectivity index (χ0) is 28.5. The molecule has 10 heteroatoms. The van der Waals surface area contributed by atoms with Crippen molar-refractivity contribution in [3.05, 3.63) is 58.5 Å². The fraction of sp³-hybridized carbons (Fsp3) is 0.552. The summed E-state index contributed by atoms with van der Waals surface area (Å²) in [6.45, 7) is 4.73. The van der Waals surface area contributed by atoms with E-state index in [0.717, 1.165) is 25.7 Å². The summed E-state index contributed by atoms with van der Waals surface area (Å²) in [5.41, 5.74) is -0.457. The Labute approximate surface area is 227 Å². The lowest BCUT2D eigenvalue weighted by molar-refractivity contribution is -0.254. The molecule has 4 aliphatic rings. The van der Waals surface area contributed by atoms with E-state index >= 15 is 0 Å². The van der Waals surface area contributed by atoms with Crippen molar-refractivity contribution in [2.75, 3.05) is 6.61 Å². The molecule has 0 aromatic rings. The smallest absolute Gasteiger partial charge is 0.343 e. The number of allylic oxidation sites excluding steroid dienone is 4. The van der Waals surface area contributed by atoms with Gasteiger partial charge in [0.15, 0.2) is 17.6 Å². The zero-order valence-electron chi connectivity index (χ0n) is 22.5. The van der Waals surface area contributed by atoms with Gasteiger partial charge in [0.2, 0.25) is 5.78 Å². The van der Waals surface area contributed by atoms with Crippen molar-refractivity contribution >= 4 is 17.5 Å². The van der Waals surface area contributed by atoms with E-state index in [1.54, 1.807) is 31.2 Å². The van der Waals surface area contributed by atoms with Crippen LogP contribution in [0.25, 0.3) is 0 Å². The number of aliphatic hydroxyl groups excluding tert-OH is 4. The second kappa shape index (κ2) is 11.7. The third kappa shape index (κ3) is 5.19. The monoisotopic (exact) mass is 543 g/mol. The molecule has 0 amide bonds. The zero-order valence-corrected chi connectivity index (χ0v) is 22.5. The van der Waals surface area contributed by atoms with E-state index in [1.165, 1.54) is 18.0 Å². The number of nitrogens with zero attached hydrogens (tertiary/aromatic N) is 1. The molecule has 10 nitrogen and oxygen atoms in total. The molecule has 1 saturated heterocycles. The first-order valence-corrected chi connectivity index (χ1v) is 13.5. The van der Waals surface area contributed by atoms with Crippen LogP contribution in [-0.4, -0.2) is 85.7 Å². The van der Waals surface area contributed by atoms with Crippen molar-refractivity contribution in [2.45, 2.75) is 95.5 Å². The van der Waals surface area contributed by atoms with E-state index in [-0.39, 0.29) is 28.9 Å². The van der Waals surface area contributed by atoms with Crippen molar-refractivity contribution in [3.63, 3.8) is 0 Å². The summed E-state index contributed by atoms with van der Waals surface area (Å²) in [6, 6.07) is 0. The normalized spacial score (nSPS) is 32.5. The Bertz CT molecular complexity index is 1180. The van der Waals surface area contributed by atoms with E-state index in [9.17, 15) is 34.8 Å². The van der Waals surface area contributed by atoms with E-state index in [2.05, 4.69) is 6.92 Å². The first-order chi connectivity index (χ1) is 18.6. The maximum absolute atomic E-state index is 13.8. The Balaban J connectivity index is 1.71. The van der Waals surface area contributed by atoms with Crippen molar-refractivity contribution in [2.24, 2.45) is 0 Å². The Kier molecular flexibility index (Phi) is 8.72. The molecule has 1 unspecified atom stereocenters. The molecular weight excluding hydrogens is 506 g/mol. The van der Waals surface area contributed by atoms with Crippen LogP contribution in [-0.2, 0) is 23.9 Å². The SMILES string of the molecule is C/C=C/C1=CC2=CC3=C(C(=O)CCCCCCC)C(=O)O[C@@]3(C)C(=O)C2=CN1C1O[C@H](CO)[C@@H](O)[C@H](O)[C@H]1O. The number of hydrogen-bond acceptors (Lipinski definition) is 10. The quantitative estimate of drug-likeness (QED) is 0.181. The third-order valence-corrected chi connectivity index (χ3v) is 7.71. The van der Waals surface area contributed by atoms with Crippen LogP contribution in [0.4, 0.5) is 0 Å². The van der Waals surface area contributed by atoms with Crippen molar-refractivity contribution in [3.8, 4) is 0 Å². The molecule has 4 rings (SSSR count). The summed E-state index contributed by atoms with van der Waals surface area (Å²) in [5, 5.41) is 40.9. The number of aliphatic hydroxyl groups is 4. The van der Waals surface area contributed by atoms with Crippen LogP contribution < -0.4 is 0 Å². The van der Waals surface area contributed by atoms with Gasteiger partial charge < -0.3 is 34.8 Å². The van der Waals surface area contributed by atoms with Gasteiger partial charge in [-0.15, -0.1) is 0 Å². The van der Waals surface area contributed by atoms with Gasteiger partial charge in [-0.05, 0) is 44.1 Å². The molecule has 0 spiro atoms. The minimum Gasteiger partial charge on any atom is -0.442 e. The minimum atomic E-state index is -1.69. The number of ketones is 2. The highest BCUT2D eigenvalue weighted by atomic mass is 16.6. The lowest BCUT2D eigenvalue weighted by Crippen LogP contribution is -2.62. The molecule has 0 radical (unpaired) electrons. The van der Waals surface area contributed by atoms with Crippen LogP contribution in [0.15, 0.2) is 58.5 Å². The molecule has 39 heavy (non-hydrogen) atoms. The highest BCUT2D eigenvalue weighted by Gasteiger charge is 2.55. The summed E-state index contributed by atoms with van der Waals surface area (Å²) >= 11 is 0. The highest BCUT2D eigenvalue weighted by Crippen LogP contribution is 2.45. The van der Waals surface area contributed by atoms with Crippen LogP contribution in [0.5, 0.6) is 0 Å². The molecule has 4 N–H and O–H groups in total. The van der Waals surface area contributed by atoms with E-state index in [1.807, 2.05) is 0 Å². The number of esters is 1. The van der Waals surface area contributed by atoms with Crippen LogP contribution in [0, 0.1) is 0 Å². The molecule has 3 aliphatic heterocycles. The molecule has 3 heterocycles. The Morgan fingerprint density at radius 2 is 1.79 bits per heavy atom. The average Bonchev–Trinajstić information content (AvgIpc) is 3.18. The van der Waals surface area contributed by atoms with Crippen LogP contribution in [0.3, 0.4) is 0 Å². The predicted molar refractivity (Wildman–Crippen MR) is 140 cm³/mol. The summed E-state index contributed by atoms with van der Waals surface area (Å²) in [5.74, 6) is -1.71. The van der Waals surface area contributed by atoms with E-state index < -0.39 is 54.6 Å². The van der Waals surface area contributed by atoms with Crippen LogP contribution in [0.1, 0.15) is 59.3 Å². The molecule has 6 atom stereocenters. The topological polar surface area (TPSA) is 154 Å². The molecular formula is C29H37NO9. The summed E-state index contributed by atoms with van der Waals surface area (Å²) < 4.78 is 11.3. The molecule has 0 saturated carbocycles. The number of fused-ring (bicyclic) bond motifs is 2. The largest absolute Gasteiger partial charge is 0.442 e. The Morgan fingerprint density at radius 1 is 1.08 bits per heavy atom. The number of rotatable bonds is 10. The number of ether oxygens (including phenoxy) is 2. The van der Waals surface area contributed by atoms with Crippen LogP contribution >= 0.6 is 0 Å². The molecule has 0 aromatic carbocycles. The van der Waals surface area contributed by atoms with Gasteiger partial charge >= 0.3 is 5.97 Å². The molecule has 0 bridgehead atoms. The number of unbranched alkanes of at least 4 members (excludes halogenated alkanes) is 4. The van der Waals surface area contributed by atoms with Gasteiger partial charge in [0, 0.05) is 29.5 Å². The lowest BCUT2D eigenvalue weighted by Gasteiger charge is -2.46. The Morgan fingerprint density at radius 3 is 2.46 bits per heavy atom. The maximum atomic E-state index is 13.8. The predicted octanol–water partition coefficient (Wildman–Crippen LogP) is 1.50. The number of Topliss-reactive ketones (excluding diaryl/α,β-unsaturated/α-hetero) is 2. The lowest BCUT2D eigenvalue weighted by atomic mass is 9.76. The summed E-state index contributed by atoms with van der Waals surface area (Å²) in [4.78, 5) is 41.2. The summed E-state index contributed by atoms with van der Waals surface area (Å²) in [6.07, 6.45) is 5.91. The second-order valence-electron chi connectivity index (χ2n) is 10.5. The first-order valence-electron chi connectivity index (χ1n) is 13.5. The molecule has 0 aromatic heterocycles. The Hall–Kier alpha value is -2.89. The minimum absolute atomic E-state index is 0.0924. The maximum Gasteiger partial charge on any atom is 0.343 e. The standard InChI is InChI=1S/C29H37NO9/c1-4-6-7-8-9-11-20(32)22-19-13-16-12-17(10-5-2)30(14-18(16)26(36)29(19,3)39-28(22)37)27-25(35)24(34)23(33)21(15-31)38-27/h5,10,12-14,21,23-25,27,31,33-35H,4,6-9,11,15H2,1-3H3/b10-5+/t21-,23-,24+,25-,27?,29-/m1/s1.